The van der Waals surface area contributed by atoms with E-state index in [0.29, 0.717) is 0 Å². The number of aromatic nitrogens is 2. The van der Waals surface area contributed by atoms with E-state index in [0.717, 1.165) is 15.6 Å². The van der Waals surface area contributed by atoms with Crippen LogP contribution >= 0.6 is 23.1 Å². The molecule has 2 amide bonds. The number of carbonyl (C=O) groups excluding carboxylic acids is 2. The number of aryl methyl sites for hydroxylation is 1. The Kier molecular flexibility index (Phi) is 6.12. The van der Waals surface area contributed by atoms with Crippen LogP contribution in [0.2, 0.25) is 0 Å². The Morgan fingerprint density at radius 1 is 1.35 bits per heavy atom. The molecule has 23 heavy (non-hydrogen) atoms. The first kappa shape index (κ1) is 17.4. The molecule has 1 atom stereocenters. The molecule has 0 saturated carbocycles. The number of rotatable bonds is 6. The minimum Gasteiger partial charge on any atom is -0.335 e. The van der Waals surface area contributed by atoms with Crippen LogP contribution in [0.25, 0.3) is 0 Å². The van der Waals surface area contributed by atoms with E-state index < -0.39 is 0 Å². The molecule has 8 heteroatoms. The summed E-state index contributed by atoms with van der Waals surface area (Å²) in [6.45, 7) is 3.78. The number of nitrogens with one attached hydrogen (secondary N) is 1. The molecule has 0 unspecified atom stereocenters. The van der Waals surface area contributed by atoms with Crippen LogP contribution in [0.3, 0.4) is 0 Å². The van der Waals surface area contributed by atoms with Gasteiger partial charge >= 0.3 is 0 Å². The molecule has 0 fully saturated rings. The number of hydrogen-bond donors (Lipinski definition) is 1. The average molecular weight is 350 g/mol. The summed E-state index contributed by atoms with van der Waals surface area (Å²) < 4.78 is 0.739. The van der Waals surface area contributed by atoms with Gasteiger partial charge in [-0.2, -0.15) is 0 Å². The largest absolute Gasteiger partial charge is 0.335 e. The Balaban J connectivity index is 1.84. The SMILES string of the molecule is Cc1ccc(NC(=O)CN(C)C(=O)[C@@H](C)Sc2nncs2)cc1. The van der Waals surface area contributed by atoms with Gasteiger partial charge in [-0.25, -0.2) is 0 Å². The second-order valence-corrected chi connectivity index (χ2v) is 7.49. The van der Waals surface area contributed by atoms with Crippen molar-refractivity contribution in [3.8, 4) is 0 Å². The van der Waals surface area contributed by atoms with Crippen LogP contribution in [0, 0.1) is 6.92 Å². The van der Waals surface area contributed by atoms with Crippen molar-refractivity contribution in [1.29, 1.82) is 0 Å². The fraction of sp³-hybridized carbons (Fsp3) is 0.333. The molecular formula is C15H18N4O2S2. The number of likely N-dealkylation sites (N-methyl/N-ethyl adjacent to an activating group) is 1. The van der Waals surface area contributed by atoms with Crippen LogP contribution in [0.1, 0.15) is 12.5 Å². The van der Waals surface area contributed by atoms with Crippen molar-refractivity contribution in [3.05, 3.63) is 35.3 Å². The van der Waals surface area contributed by atoms with Gasteiger partial charge in [-0.05, 0) is 26.0 Å². The number of thioether (sulfide) groups is 1. The number of amides is 2. The highest BCUT2D eigenvalue weighted by Gasteiger charge is 2.21. The lowest BCUT2D eigenvalue weighted by atomic mass is 10.2. The number of anilines is 1. The monoisotopic (exact) mass is 350 g/mol. The van der Waals surface area contributed by atoms with Gasteiger partial charge in [0.25, 0.3) is 0 Å². The summed E-state index contributed by atoms with van der Waals surface area (Å²) in [6, 6.07) is 7.52. The molecule has 2 rings (SSSR count). The van der Waals surface area contributed by atoms with E-state index in [4.69, 9.17) is 0 Å². The zero-order chi connectivity index (χ0) is 16.8. The van der Waals surface area contributed by atoms with Gasteiger partial charge in [-0.3, -0.25) is 9.59 Å². The molecule has 0 aliphatic heterocycles. The molecule has 122 valence electrons. The van der Waals surface area contributed by atoms with Crippen molar-refractivity contribution >= 4 is 40.6 Å². The third-order valence-electron chi connectivity index (χ3n) is 3.06. The Morgan fingerprint density at radius 2 is 2.04 bits per heavy atom. The highest BCUT2D eigenvalue weighted by molar-refractivity contribution is 8.02. The molecule has 0 aliphatic carbocycles. The first-order valence-electron chi connectivity index (χ1n) is 7.00. The molecule has 6 nitrogen and oxygen atoms in total. The van der Waals surface area contributed by atoms with Crippen molar-refractivity contribution < 1.29 is 9.59 Å². The maximum Gasteiger partial charge on any atom is 0.243 e. The molecule has 1 aromatic heterocycles. The normalized spacial score (nSPS) is 11.8. The first-order chi connectivity index (χ1) is 11.0. The maximum absolute atomic E-state index is 12.3. The van der Waals surface area contributed by atoms with E-state index in [9.17, 15) is 9.59 Å². The van der Waals surface area contributed by atoms with Gasteiger partial charge in [0.1, 0.15) is 5.51 Å². The van der Waals surface area contributed by atoms with Crippen LogP contribution in [0.4, 0.5) is 5.69 Å². The second kappa shape index (κ2) is 8.07. The highest BCUT2D eigenvalue weighted by Crippen LogP contribution is 2.25. The Labute approximate surface area is 143 Å². The van der Waals surface area contributed by atoms with Crippen LogP contribution in [-0.2, 0) is 9.59 Å². The highest BCUT2D eigenvalue weighted by atomic mass is 32.2. The summed E-state index contributed by atoms with van der Waals surface area (Å²) in [5.74, 6) is -0.345. The molecule has 0 bridgehead atoms. The summed E-state index contributed by atoms with van der Waals surface area (Å²) in [4.78, 5) is 25.7. The van der Waals surface area contributed by atoms with E-state index in [-0.39, 0.29) is 23.6 Å². The molecule has 0 spiro atoms. The Morgan fingerprint density at radius 3 is 2.65 bits per heavy atom. The zero-order valence-electron chi connectivity index (χ0n) is 13.1. The second-order valence-electron chi connectivity index (χ2n) is 5.07. The predicted octanol–water partition coefficient (Wildman–Crippen LogP) is 2.42. The fourth-order valence-electron chi connectivity index (χ4n) is 1.86. The molecular weight excluding hydrogens is 332 g/mol. The van der Waals surface area contributed by atoms with Gasteiger partial charge in [0.05, 0.1) is 11.8 Å². The van der Waals surface area contributed by atoms with Gasteiger partial charge in [0.15, 0.2) is 4.34 Å². The van der Waals surface area contributed by atoms with Gasteiger partial charge < -0.3 is 10.2 Å². The zero-order valence-corrected chi connectivity index (χ0v) is 14.8. The summed E-state index contributed by atoms with van der Waals surface area (Å²) in [5, 5.41) is 10.1. The Bertz CT molecular complexity index is 659. The maximum atomic E-state index is 12.3. The third-order valence-corrected chi connectivity index (χ3v) is 4.96. The van der Waals surface area contributed by atoms with Crippen molar-refractivity contribution in [2.45, 2.75) is 23.4 Å². The molecule has 0 aliphatic rings. The van der Waals surface area contributed by atoms with Gasteiger partial charge in [0.2, 0.25) is 11.8 Å². The van der Waals surface area contributed by atoms with E-state index in [1.54, 1.807) is 19.5 Å². The fourth-order valence-corrected chi connectivity index (χ4v) is 3.60. The average Bonchev–Trinajstić information content (AvgIpc) is 3.01. The molecule has 1 N–H and O–H groups in total. The van der Waals surface area contributed by atoms with Crippen molar-refractivity contribution in [2.75, 3.05) is 18.9 Å². The van der Waals surface area contributed by atoms with Crippen LogP contribution in [-0.4, -0.2) is 45.8 Å². The lowest BCUT2D eigenvalue weighted by molar-refractivity contribution is -0.132. The van der Waals surface area contributed by atoms with E-state index in [1.165, 1.54) is 28.0 Å². The van der Waals surface area contributed by atoms with Gasteiger partial charge in [-0.15, -0.1) is 10.2 Å². The lowest BCUT2D eigenvalue weighted by Crippen LogP contribution is -2.38. The van der Waals surface area contributed by atoms with E-state index in [1.807, 2.05) is 31.2 Å². The number of benzene rings is 1. The quantitative estimate of drug-likeness (QED) is 0.810. The number of carbonyl (C=O) groups is 2. The topological polar surface area (TPSA) is 75.2 Å². The molecule has 1 aromatic carbocycles. The minimum atomic E-state index is -0.319. The molecule has 0 radical (unpaired) electrons. The number of nitrogens with zero attached hydrogens (tertiary/aromatic N) is 3. The standard InChI is InChI=1S/C15H18N4O2S2/c1-10-4-6-12(7-5-10)17-13(20)8-19(3)14(21)11(2)23-15-18-16-9-22-15/h4-7,9,11H,8H2,1-3H3,(H,17,20)/t11-/m1/s1. The summed E-state index contributed by atoms with van der Waals surface area (Å²) in [6.07, 6.45) is 0. The van der Waals surface area contributed by atoms with E-state index >= 15 is 0 Å². The summed E-state index contributed by atoms with van der Waals surface area (Å²) in [7, 11) is 1.62. The molecule has 1 heterocycles. The van der Waals surface area contributed by atoms with Crippen LogP contribution < -0.4 is 5.32 Å². The van der Waals surface area contributed by atoms with E-state index in [2.05, 4.69) is 15.5 Å². The van der Waals surface area contributed by atoms with Crippen molar-refractivity contribution in [1.82, 2.24) is 15.1 Å². The van der Waals surface area contributed by atoms with Gasteiger partial charge in [0, 0.05) is 12.7 Å². The lowest BCUT2D eigenvalue weighted by Gasteiger charge is -2.20. The summed E-state index contributed by atoms with van der Waals surface area (Å²) in [5.41, 5.74) is 3.47. The Hall–Kier alpha value is -1.93. The summed E-state index contributed by atoms with van der Waals surface area (Å²) >= 11 is 2.73. The van der Waals surface area contributed by atoms with Crippen LogP contribution in [0.5, 0.6) is 0 Å². The van der Waals surface area contributed by atoms with Crippen molar-refractivity contribution in [2.24, 2.45) is 0 Å². The third kappa shape index (κ3) is 5.33. The van der Waals surface area contributed by atoms with Crippen LogP contribution in [0.15, 0.2) is 34.1 Å². The molecule has 0 saturated heterocycles. The van der Waals surface area contributed by atoms with Gasteiger partial charge in [-0.1, -0.05) is 40.8 Å². The number of hydrogen-bond acceptors (Lipinski definition) is 6. The minimum absolute atomic E-state index is 0.00767. The smallest absolute Gasteiger partial charge is 0.243 e. The van der Waals surface area contributed by atoms with Crippen molar-refractivity contribution in [3.63, 3.8) is 0 Å². The predicted molar refractivity (Wildman–Crippen MR) is 92.7 cm³/mol. The molecule has 2 aromatic rings. The first-order valence-corrected chi connectivity index (χ1v) is 8.76.